The highest BCUT2D eigenvalue weighted by Gasteiger charge is 2.28. The van der Waals surface area contributed by atoms with Crippen molar-refractivity contribution in [3.8, 4) is 11.3 Å². The van der Waals surface area contributed by atoms with E-state index in [0.29, 0.717) is 25.3 Å². The molecule has 2 heterocycles. The molecule has 0 atom stereocenters. The highest BCUT2D eigenvalue weighted by Crippen LogP contribution is 2.30. The van der Waals surface area contributed by atoms with Crippen molar-refractivity contribution in [2.45, 2.75) is 26.8 Å². The first-order valence-corrected chi connectivity index (χ1v) is 7.08. The summed E-state index contributed by atoms with van der Waals surface area (Å²) in [6.45, 7) is 4.94. The first-order chi connectivity index (χ1) is 10.1. The molecule has 0 aliphatic carbocycles. The van der Waals surface area contributed by atoms with Gasteiger partial charge in [-0.05, 0) is 30.7 Å². The standard InChI is InChI=1S/C16H17FN2O2/c1-10(2)16(20)19-8-7-13-14(9-19)18-21-15(13)11-3-5-12(17)6-4-11/h3-6,10H,7-9H2,1-2H3. The van der Waals surface area contributed by atoms with E-state index in [4.69, 9.17) is 4.52 Å². The molecule has 0 spiro atoms. The average Bonchev–Trinajstić information content (AvgIpc) is 2.90. The number of halogens is 1. The zero-order chi connectivity index (χ0) is 15.0. The predicted octanol–water partition coefficient (Wildman–Crippen LogP) is 3.02. The minimum atomic E-state index is -0.277. The Morgan fingerprint density at radius 1 is 1.33 bits per heavy atom. The normalized spacial score (nSPS) is 14.4. The lowest BCUT2D eigenvalue weighted by Crippen LogP contribution is -2.38. The first-order valence-electron chi connectivity index (χ1n) is 7.08. The number of hydrogen-bond donors (Lipinski definition) is 0. The summed E-state index contributed by atoms with van der Waals surface area (Å²) < 4.78 is 18.4. The SMILES string of the molecule is CC(C)C(=O)N1CCc2c(noc2-c2ccc(F)cc2)C1. The van der Waals surface area contributed by atoms with Crippen LogP contribution in [0.4, 0.5) is 4.39 Å². The molecule has 1 aliphatic heterocycles. The minimum Gasteiger partial charge on any atom is -0.356 e. The van der Waals surface area contributed by atoms with Crippen LogP contribution in [0.1, 0.15) is 25.1 Å². The van der Waals surface area contributed by atoms with Crippen molar-refractivity contribution >= 4 is 5.91 Å². The zero-order valence-corrected chi connectivity index (χ0v) is 12.1. The monoisotopic (exact) mass is 288 g/mol. The molecule has 1 aromatic heterocycles. The summed E-state index contributed by atoms with van der Waals surface area (Å²) in [6, 6.07) is 6.17. The van der Waals surface area contributed by atoms with Gasteiger partial charge in [-0.25, -0.2) is 4.39 Å². The van der Waals surface area contributed by atoms with Gasteiger partial charge in [0.2, 0.25) is 5.91 Å². The number of aromatic nitrogens is 1. The number of rotatable bonds is 2. The lowest BCUT2D eigenvalue weighted by Gasteiger charge is -2.27. The Hall–Kier alpha value is -2.17. The van der Waals surface area contributed by atoms with E-state index in [1.165, 1.54) is 12.1 Å². The fourth-order valence-corrected chi connectivity index (χ4v) is 2.61. The molecule has 3 rings (SSSR count). The molecule has 1 aliphatic rings. The lowest BCUT2D eigenvalue weighted by atomic mass is 10.00. The molecule has 0 bridgehead atoms. The summed E-state index contributed by atoms with van der Waals surface area (Å²) in [4.78, 5) is 13.9. The van der Waals surface area contributed by atoms with E-state index in [-0.39, 0.29) is 17.6 Å². The molecule has 0 radical (unpaired) electrons. The fraction of sp³-hybridized carbons (Fsp3) is 0.375. The number of carbonyl (C=O) groups is 1. The topological polar surface area (TPSA) is 46.3 Å². The number of nitrogens with zero attached hydrogens (tertiary/aromatic N) is 2. The summed E-state index contributed by atoms with van der Waals surface area (Å²) in [5.74, 6) is 0.518. The summed E-state index contributed by atoms with van der Waals surface area (Å²) in [7, 11) is 0. The summed E-state index contributed by atoms with van der Waals surface area (Å²) >= 11 is 0. The predicted molar refractivity (Wildman–Crippen MR) is 75.9 cm³/mol. The first kappa shape index (κ1) is 13.8. The van der Waals surface area contributed by atoms with Crippen LogP contribution in [-0.2, 0) is 17.8 Å². The maximum absolute atomic E-state index is 13.0. The van der Waals surface area contributed by atoms with E-state index >= 15 is 0 Å². The fourth-order valence-electron chi connectivity index (χ4n) is 2.61. The van der Waals surface area contributed by atoms with Crippen LogP contribution in [0.2, 0.25) is 0 Å². The number of carbonyl (C=O) groups excluding carboxylic acids is 1. The van der Waals surface area contributed by atoms with E-state index in [2.05, 4.69) is 5.16 Å². The van der Waals surface area contributed by atoms with Gasteiger partial charge in [-0.15, -0.1) is 0 Å². The van der Waals surface area contributed by atoms with Gasteiger partial charge in [0.25, 0.3) is 0 Å². The number of fused-ring (bicyclic) bond motifs is 1. The van der Waals surface area contributed by atoms with Crippen molar-refractivity contribution in [3.05, 3.63) is 41.3 Å². The number of hydrogen-bond acceptors (Lipinski definition) is 3. The van der Waals surface area contributed by atoms with Crippen molar-refractivity contribution in [2.75, 3.05) is 6.54 Å². The molecule has 0 saturated heterocycles. The van der Waals surface area contributed by atoms with Gasteiger partial charge in [0, 0.05) is 23.6 Å². The summed E-state index contributed by atoms with van der Waals surface area (Å²) in [5.41, 5.74) is 2.64. The van der Waals surface area contributed by atoms with Gasteiger partial charge in [-0.1, -0.05) is 19.0 Å². The Bertz CT molecular complexity index is 661. The van der Waals surface area contributed by atoms with Crippen LogP contribution in [0.15, 0.2) is 28.8 Å². The van der Waals surface area contributed by atoms with Crippen LogP contribution in [0.25, 0.3) is 11.3 Å². The van der Waals surface area contributed by atoms with Crippen molar-refractivity contribution < 1.29 is 13.7 Å². The zero-order valence-electron chi connectivity index (χ0n) is 12.1. The van der Waals surface area contributed by atoms with E-state index in [9.17, 15) is 9.18 Å². The Balaban J connectivity index is 1.87. The van der Waals surface area contributed by atoms with Crippen LogP contribution in [0.5, 0.6) is 0 Å². The molecule has 1 amide bonds. The number of amides is 1. The van der Waals surface area contributed by atoms with Gasteiger partial charge >= 0.3 is 0 Å². The maximum atomic E-state index is 13.0. The van der Waals surface area contributed by atoms with Crippen LogP contribution < -0.4 is 0 Å². The second kappa shape index (κ2) is 5.31. The second-order valence-electron chi connectivity index (χ2n) is 5.61. The quantitative estimate of drug-likeness (QED) is 0.853. The van der Waals surface area contributed by atoms with Crippen LogP contribution >= 0.6 is 0 Å². The summed E-state index contributed by atoms with van der Waals surface area (Å²) in [5, 5.41) is 4.08. The Morgan fingerprint density at radius 2 is 2.05 bits per heavy atom. The van der Waals surface area contributed by atoms with E-state index in [1.54, 1.807) is 12.1 Å². The van der Waals surface area contributed by atoms with Crippen molar-refractivity contribution in [3.63, 3.8) is 0 Å². The molecule has 0 saturated carbocycles. The van der Waals surface area contributed by atoms with E-state index in [0.717, 1.165) is 16.8 Å². The highest BCUT2D eigenvalue weighted by molar-refractivity contribution is 5.78. The van der Waals surface area contributed by atoms with Gasteiger partial charge in [-0.2, -0.15) is 0 Å². The molecule has 0 N–H and O–H groups in total. The molecule has 1 aromatic carbocycles. The highest BCUT2D eigenvalue weighted by atomic mass is 19.1. The third-order valence-corrected chi connectivity index (χ3v) is 3.75. The van der Waals surface area contributed by atoms with Crippen LogP contribution in [-0.4, -0.2) is 22.5 Å². The Kier molecular flexibility index (Phi) is 3.49. The maximum Gasteiger partial charge on any atom is 0.225 e. The van der Waals surface area contributed by atoms with Crippen molar-refractivity contribution in [1.29, 1.82) is 0 Å². The third-order valence-electron chi connectivity index (χ3n) is 3.75. The Labute approximate surface area is 122 Å². The van der Waals surface area contributed by atoms with E-state index < -0.39 is 0 Å². The van der Waals surface area contributed by atoms with Gasteiger partial charge in [0.05, 0.1) is 6.54 Å². The van der Waals surface area contributed by atoms with Gasteiger partial charge < -0.3 is 9.42 Å². The Morgan fingerprint density at radius 3 is 2.71 bits per heavy atom. The largest absolute Gasteiger partial charge is 0.356 e. The van der Waals surface area contributed by atoms with Crippen molar-refractivity contribution in [2.24, 2.45) is 5.92 Å². The molecule has 2 aromatic rings. The molecule has 0 unspecified atom stereocenters. The average molecular weight is 288 g/mol. The van der Waals surface area contributed by atoms with Crippen LogP contribution in [0.3, 0.4) is 0 Å². The van der Waals surface area contributed by atoms with E-state index in [1.807, 2.05) is 18.7 Å². The molecule has 21 heavy (non-hydrogen) atoms. The third kappa shape index (κ3) is 2.55. The van der Waals surface area contributed by atoms with Crippen LogP contribution in [0, 0.1) is 11.7 Å². The van der Waals surface area contributed by atoms with Gasteiger partial charge in [-0.3, -0.25) is 4.79 Å². The molecule has 0 fully saturated rings. The molecular weight excluding hydrogens is 271 g/mol. The molecular formula is C16H17FN2O2. The lowest BCUT2D eigenvalue weighted by molar-refractivity contribution is -0.135. The molecule has 110 valence electrons. The summed E-state index contributed by atoms with van der Waals surface area (Å²) in [6.07, 6.45) is 0.712. The molecule has 4 nitrogen and oxygen atoms in total. The van der Waals surface area contributed by atoms with Gasteiger partial charge in [0.15, 0.2) is 5.76 Å². The smallest absolute Gasteiger partial charge is 0.225 e. The van der Waals surface area contributed by atoms with Crippen molar-refractivity contribution in [1.82, 2.24) is 10.1 Å². The number of benzene rings is 1. The second-order valence-corrected chi connectivity index (χ2v) is 5.61. The minimum absolute atomic E-state index is 0.0185. The molecule has 5 heteroatoms. The van der Waals surface area contributed by atoms with Gasteiger partial charge in [0.1, 0.15) is 11.5 Å².